The molecule has 0 radical (unpaired) electrons. The van der Waals surface area contributed by atoms with Crippen molar-refractivity contribution in [3.8, 4) is 0 Å². The number of rotatable bonds is 4. The molecule has 0 N–H and O–H groups in total. The minimum atomic E-state index is -0.429. The Labute approximate surface area is 129 Å². The van der Waals surface area contributed by atoms with Gasteiger partial charge in [0.1, 0.15) is 4.88 Å². The highest BCUT2D eigenvalue weighted by Crippen LogP contribution is 2.24. The SMILES string of the molecule is COC(=O)c1ccc(C(=O)N(C)Cc2ccc(Cl)s2)s1. The smallest absolute Gasteiger partial charge is 0.348 e. The first-order valence-corrected chi connectivity index (χ1v) is 7.70. The standard InChI is InChI=1S/C13H12ClNO3S2/c1-15(7-8-3-6-11(14)19-8)12(16)9-4-5-10(20-9)13(17)18-2/h3-6H,7H2,1-2H3. The molecule has 0 aliphatic rings. The molecule has 7 heteroatoms. The molecule has 0 aliphatic heterocycles. The average Bonchev–Trinajstić information content (AvgIpc) is 3.06. The molecule has 2 aromatic rings. The molecule has 0 atom stereocenters. The van der Waals surface area contributed by atoms with Gasteiger partial charge in [-0.25, -0.2) is 4.79 Å². The molecule has 0 bridgehead atoms. The number of halogens is 1. The molecule has 0 spiro atoms. The van der Waals surface area contributed by atoms with Crippen molar-refractivity contribution in [2.45, 2.75) is 6.54 Å². The van der Waals surface area contributed by atoms with Crippen LogP contribution >= 0.6 is 34.3 Å². The Balaban J connectivity index is 2.06. The predicted molar refractivity (Wildman–Crippen MR) is 80.8 cm³/mol. The van der Waals surface area contributed by atoms with Crippen LogP contribution in [0.1, 0.15) is 24.2 Å². The molecule has 1 amide bonds. The Kier molecular flexibility index (Phi) is 4.80. The van der Waals surface area contributed by atoms with Crippen LogP contribution in [0.3, 0.4) is 0 Å². The molecular weight excluding hydrogens is 318 g/mol. The fraction of sp³-hybridized carbons (Fsp3) is 0.231. The molecule has 0 aliphatic carbocycles. The second kappa shape index (κ2) is 6.39. The van der Waals surface area contributed by atoms with Crippen molar-refractivity contribution < 1.29 is 14.3 Å². The number of hydrogen-bond donors (Lipinski definition) is 0. The summed E-state index contributed by atoms with van der Waals surface area (Å²) in [5.41, 5.74) is 0. The lowest BCUT2D eigenvalue weighted by Crippen LogP contribution is -2.24. The minimum Gasteiger partial charge on any atom is -0.465 e. The summed E-state index contributed by atoms with van der Waals surface area (Å²) < 4.78 is 5.32. The summed E-state index contributed by atoms with van der Waals surface area (Å²) in [4.78, 5) is 27.1. The highest BCUT2D eigenvalue weighted by atomic mass is 35.5. The van der Waals surface area contributed by atoms with E-state index < -0.39 is 5.97 Å². The van der Waals surface area contributed by atoms with Crippen molar-refractivity contribution in [1.29, 1.82) is 0 Å². The molecule has 0 unspecified atom stereocenters. The largest absolute Gasteiger partial charge is 0.465 e. The van der Waals surface area contributed by atoms with Crippen LogP contribution in [0.5, 0.6) is 0 Å². The maximum Gasteiger partial charge on any atom is 0.348 e. The molecule has 106 valence electrons. The number of nitrogens with zero attached hydrogens (tertiary/aromatic N) is 1. The summed E-state index contributed by atoms with van der Waals surface area (Å²) in [6.45, 7) is 0.488. The number of ether oxygens (including phenoxy) is 1. The zero-order valence-corrected chi connectivity index (χ0v) is 13.3. The molecule has 2 heterocycles. The lowest BCUT2D eigenvalue weighted by atomic mass is 10.3. The van der Waals surface area contributed by atoms with E-state index in [9.17, 15) is 9.59 Å². The maximum atomic E-state index is 12.2. The van der Waals surface area contributed by atoms with Crippen molar-refractivity contribution in [3.05, 3.63) is 43.2 Å². The Morgan fingerprint density at radius 3 is 2.50 bits per heavy atom. The fourth-order valence-electron chi connectivity index (χ4n) is 1.59. The van der Waals surface area contributed by atoms with Crippen LogP contribution in [0.2, 0.25) is 4.34 Å². The van der Waals surface area contributed by atoms with Crippen molar-refractivity contribution >= 4 is 46.2 Å². The van der Waals surface area contributed by atoms with Gasteiger partial charge in [0.15, 0.2) is 0 Å². The molecular formula is C13H12ClNO3S2. The van der Waals surface area contributed by atoms with Crippen molar-refractivity contribution in [2.75, 3.05) is 14.2 Å². The number of methoxy groups -OCH3 is 1. The van der Waals surface area contributed by atoms with Crippen LogP contribution in [-0.2, 0) is 11.3 Å². The fourth-order valence-corrected chi connectivity index (χ4v) is 3.65. The number of esters is 1. The number of carbonyl (C=O) groups is 2. The monoisotopic (exact) mass is 329 g/mol. The molecule has 0 fully saturated rings. The minimum absolute atomic E-state index is 0.130. The first-order valence-electron chi connectivity index (χ1n) is 5.69. The third-order valence-corrected chi connectivity index (χ3v) is 4.84. The van der Waals surface area contributed by atoms with E-state index in [-0.39, 0.29) is 5.91 Å². The van der Waals surface area contributed by atoms with Gasteiger partial charge in [-0.1, -0.05) is 11.6 Å². The Morgan fingerprint density at radius 2 is 1.90 bits per heavy atom. The van der Waals surface area contributed by atoms with Crippen LogP contribution < -0.4 is 0 Å². The van der Waals surface area contributed by atoms with Crippen LogP contribution in [0, 0.1) is 0 Å². The zero-order valence-electron chi connectivity index (χ0n) is 10.9. The number of amides is 1. The summed E-state index contributed by atoms with van der Waals surface area (Å²) in [5, 5.41) is 0. The third kappa shape index (κ3) is 3.39. The second-order valence-electron chi connectivity index (χ2n) is 4.02. The topological polar surface area (TPSA) is 46.6 Å². The lowest BCUT2D eigenvalue weighted by Gasteiger charge is -2.14. The highest BCUT2D eigenvalue weighted by molar-refractivity contribution is 7.16. The van der Waals surface area contributed by atoms with Gasteiger partial charge in [-0.15, -0.1) is 22.7 Å². The van der Waals surface area contributed by atoms with Gasteiger partial charge in [-0.2, -0.15) is 0 Å². The predicted octanol–water partition coefficient (Wildman–Crippen LogP) is 3.52. The molecule has 0 saturated carbocycles. The van der Waals surface area contributed by atoms with E-state index in [1.54, 1.807) is 30.1 Å². The summed E-state index contributed by atoms with van der Waals surface area (Å²) in [6, 6.07) is 6.93. The van der Waals surface area contributed by atoms with Gasteiger partial charge >= 0.3 is 5.97 Å². The average molecular weight is 330 g/mol. The first kappa shape index (κ1) is 15.0. The summed E-state index contributed by atoms with van der Waals surface area (Å²) in [5.74, 6) is -0.559. The quantitative estimate of drug-likeness (QED) is 0.806. The van der Waals surface area contributed by atoms with Gasteiger partial charge in [0.25, 0.3) is 5.91 Å². The van der Waals surface area contributed by atoms with Crippen LogP contribution in [0.25, 0.3) is 0 Å². The normalized spacial score (nSPS) is 10.3. The van der Waals surface area contributed by atoms with Gasteiger partial charge in [-0.3, -0.25) is 4.79 Å². The Bertz CT molecular complexity index is 635. The molecule has 2 aromatic heterocycles. The number of hydrogen-bond acceptors (Lipinski definition) is 5. The molecule has 4 nitrogen and oxygen atoms in total. The van der Waals surface area contributed by atoms with Gasteiger partial charge < -0.3 is 9.64 Å². The summed E-state index contributed by atoms with van der Waals surface area (Å²) in [6.07, 6.45) is 0. The maximum absolute atomic E-state index is 12.2. The van der Waals surface area contributed by atoms with Crippen LogP contribution in [-0.4, -0.2) is 30.9 Å². The molecule has 20 heavy (non-hydrogen) atoms. The van der Waals surface area contributed by atoms with Crippen molar-refractivity contribution in [1.82, 2.24) is 4.90 Å². The second-order valence-corrected chi connectivity index (χ2v) is 6.91. The summed E-state index contributed by atoms with van der Waals surface area (Å²) in [7, 11) is 3.03. The number of carbonyl (C=O) groups excluding carboxylic acids is 2. The molecule has 2 rings (SSSR count). The van der Waals surface area contributed by atoms with E-state index in [0.717, 1.165) is 16.2 Å². The van der Waals surface area contributed by atoms with E-state index >= 15 is 0 Å². The van der Waals surface area contributed by atoms with Crippen molar-refractivity contribution in [2.24, 2.45) is 0 Å². The Morgan fingerprint density at radius 1 is 1.20 bits per heavy atom. The van der Waals surface area contributed by atoms with Crippen molar-refractivity contribution in [3.63, 3.8) is 0 Å². The van der Waals surface area contributed by atoms with E-state index in [1.807, 2.05) is 6.07 Å². The first-order chi connectivity index (χ1) is 9.51. The zero-order chi connectivity index (χ0) is 14.7. The molecule has 0 aromatic carbocycles. The van der Waals surface area contributed by atoms with Crippen LogP contribution in [0.15, 0.2) is 24.3 Å². The molecule has 0 saturated heterocycles. The summed E-state index contributed by atoms with van der Waals surface area (Å²) >= 11 is 8.43. The van der Waals surface area contributed by atoms with E-state index in [0.29, 0.717) is 20.6 Å². The van der Waals surface area contributed by atoms with Gasteiger partial charge in [0.05, 0.1) is 22.9 Å². The highest BCUT2D eigenvalue weighted by Gasteiger charge is 2.17. The van der Waals surface area contributed by atoms with Crippen LogP contribution in [0.4, 0.5) is 0 Å². The third-order valence-electron chi connectivity index (χ3n) is 2.57. The van der Waals surface area contributed by atoms with Gasteiger partial charge in [-0.05, 0) is 24.3 Å². The number of thiophene rings is 2. The van der Waals surface area contributed by atoms with Gasteiger partial charge in [0, 0.05) is 11.9 Å². The van der Waals surface area contributed by atoms with E-state index in [2.05, 4.69) is 4.74 Å². The van der Waals surface area contributed by atoms with E-state index in [1.165, 1.54) is 18.4 Å². The lowest BCUT2D eigenvalue weighted by molar-refractivity contribution is 0.0606. The Hall–Kier alpha value is -1.37. The van der Waals surface area contributed by atoms with E-state index in [4.69, 9.17) is 11.6 Å². The van der Waals surface area contributed by atoms with Gasteiger partial charge in [0.2, 0.25) is 0 Å².